The summed E-state index contributed by atoms with van der Waals surface area (Å²) in [6.07, 6.45) is 5.56. The maximum Gasteiger partial charge on any atom is -0.00979 e. The largest absolute Gasteiger partial charge is 0.0651 e. The Kier molecular flexibility index (Phi) is 5.32. The van der Waals surface area contributed by atoms with E-state index in [2.05, 4.69) is 74.5 Å². The normalized spacial score (nSPS) is 22.9. The van der Waals surface area contributed by atoms with E-state index in [1.54, 1.807) is 10.6 Å². The average molecular weight is 310 g/mol. The first-order valence-electron chi connectivity index (χ1n) is 8.70. The Morgan fingerprint density at radius 3 is 1.95 bits per heavy atom. The maximum absolute atomic E-state index is 2.46. The van der Waals surface area contributed by atoms with E-state index in [0.29, 0.717) is 0 Å². The molecule has 3 rings (SSSR count). The summed E-state index contributed by atoms with van der Waals surface area (Å²) in [6, 6.07) is 22.5. The van der Waals surface area contributed by atoms with E-state index in [9.17, 15) is 0 Å². The molecular weight excluding hydrogens is 283 g/mol. The minimum Gasteiger partial charge on any atom is -0.0651 e. The summed E-state index contributed by atoms with van der Waals surface area (Å²) in [6.45, 7) is 4.82. The summed E-state index contributed by atoms with van der Waals surface area (Å²) in [5.41, 5.74) is 0.856. The smallest absolute Gasteiger partial charge is 0.00979 e. The highest BCUT2D eigenvalue weighted by Gasteiger charge is 2.37. The van der Waals surface area contributed by atoms with Crippen LogP contribution in [0, 0.1) is 11.8 Å². The predicted molar refractivity (Wildman–Crippen MR) is 99.7 cm³/mol. The Hall–Kier alpha value is -1.13. The molecule has 2 aromatic rings. The molecule has 0 saturated heterocycles. The molecule has 3 atom stereocenters. The summed E-state index contributed by atoms with van der Waals surface area (Å²) in [7, 11) is -0.229. The average Bonchev–Trinajstić information content (AvgIpc) is 3.06. The van der Waals surface area contributed by atoms with Gasteiger partial charge in [-0.1, -0.05) is 87.4 Å². The zero-order valence-electron chi connectivity index (χ0n) is 13.8. The van der Waals surface area contributed by atoms with Crippen molar-refractivity contribution in [2.75, 3.05) is 0 Å². The van der Waals surface area contributed by atoms with Crippen LogP contribution >= 0.6 is 7.92 Å². The third-order valence-electron chi connectivity index (χ3n) is 5.31. The molecule has 22 heavy (non-hydrogen) atoms. The van der Waals surface area contributed by atoms with Crippen molar-refractivity contribution in [2.24, 2.45) is 11.8 Å². The Labute approximate surface area is 136 Å². The van der Waals surface area contributed by atoms with Crippen LogP contribution in [-0.4, -0.2) is 5.66 Å². The zero-order valence-corrected chi connectivity index (χ0v) is 14.7. The molecule has 1 aliphatic carbocycles. The van der Waals surface area contributed by atoms with Gasteiger partial charge < -0.3 is 0 Å². The van der Waals surface area contributed by atoms with Gasteiger partial charge in [0.25, 0.3) is 0 Å². The molecule has 0 radical (unpaired) electrons. The molecule has 2 unspecified atom stereocenters. The van der Waals surface area contributed by atoms with Gasteiger partial charge in [-0.15, -0.1) is 0 Å². The molecule has 0 heterocycles. The SMILES string of the molecule is CC[C@H](C)C1CCCC1P(c1ccccc1)c1ccccc1. The van der Waals surface area contributed by atoms with Crippen LogP contribution in [-0.2, 0) is 0 Å². The van der Waals surface area contributed by atoms with Gasteiger partial charge in [0.05, 0.1) is 0 Å². The fraction of sp³-hybridized carbons (Fsp3) is 0.429. The quantitative estimate of drug-likeness (QED) is 0.654. The van der Waals surface area contributed by atoms with Crippen molar-refractivity contribution in [1.82, 2.24) is 0 Å². The van der Waals surface area contributed by atoms with Gasteiger partial charge in [0.1, 0.15) is 0 Å². The summed E-state index contributed by atoms with van der Waals surface area (Å²) in [5.74, 6) is 1.75. The van der Waals surface area contributed by atoms with Crippen LogP contribution in [0.1, 0.15) is 39.5 Å². The van der Waals surface area contributed by atoms with E-state index in [-0.39, 0.29) is 7.92 Å². The minimum absolute atomic E-state index is 0.229. The van der Waals surface area contributed by atoms with Crippen LogP contribution in [0.5, 0.6) is 0 Å². The lowest BCUT2D eigenvalue weighted by atomic mass is 9.90. The Bertz CT molecular complexity index is 523. The van der Waals surface area contributed by atoms with Gasteiger partial charge in [0.15, 0.2) is 0 Å². The highest BCUT2D eigenvalue weighted by atomic mass is 31.1. The molecule has 1 saturated carbocycles. The summed E-state index contributed by atoms with van der Waals surface area (Å²) < 4.78 is 0. The molecule has 0 aliphatic heterocycles. The second-order valence-electron chi connectivity index (χ2n) is 6.59. The molecule has 0 amide bonds. The minimum atomic E-state index is -0.229. The van der Waals surface area contributed by atoms with Crippen molar-refractivity contribution >= 4 is 18.5 Å². The number of hydrogen-bond donors (Lipinski definition) is 0. The third-order valence-corrected chi connectivity index (χ3v) is 8.32. The van der Waals surface area contributed by atoms with E-state index in [1.165, 1.54) is 25.7 Å². The first-order valence-corrected chi connectivity index (χ1v) is 10.1. The van der Waals surface area contributed by atoms with E-state index in [0.717, 1.165) is 17.5 Å². The van der Waals surface area contributed by atoms with Crippen molar-refractivity contribution in [3.8, 4) is 0 Å². The summed E-state index contributed by atoms with van der Waals surface area (Å²) in [5, 5.41) is 3.12. The Morgan fingerprint density at radius 2 is 1.45 bits per heavy atom. The van der Waals surface area contributed by atoms with Crippen molar-refractivity contribution < 1.29 is 0 Å². The number of benzene rings is 2. The number of hydrogen-bond acceptors (Lipinski definition) is 0. The van der Waals surface area contributed by atoms with Gasteiger partial charge in [-0.3, -0.25) is 0 Å². The van der Waals surface area contributed by atoms with Gasteiger partial charge in [0.2, 0.25) is 0 Å². The Morgan fingerprint density at radius 1 is 0.909 bits per heavy atom. The van der Waals surface area contributed by atoms with Crippen LogP contribution in [0.3, 0.4) is 0 Å². The van der Waals surface area contributed by atoms with Crippen LogP contribution in [0.2, 0.25) is 0 Å². The van der Waals surface area contributed by atoms with Crippen LogP contribution < -0.4 is 10.6 Å². The lowest BCUT2D eigenvalue weighted by molar-refractivity contribution is 0.362. The molecule has 2 aromatic carbocycles. The summed E-state index contributed by atoms with van der Waals surface area (Å²) >= 11 is 0. The van der Waals surface area contributed by atoms with E-state index >= 15 is 0 Å². The highest BCUT2D eigenvalue weighted by molar-refractivity contribution is 7.73. The molecule has 1 heteroatoms. The van der Waals surface area contributed by atoms with Crippen molar-refractivity contribution in [2.45, 2.75) is 45.2 Å². The van der Waals surface area contributed by atoms with Crippen molar-refractivity contribution in [3.63, 3.8) is 0 Å². The van der Waals surface area contributed by atoms with Gasteiger partial charge >= 0.3 is 0 Å². The maximum atomic E-state index is 2.46. The standard InChI is InChI=1S/C21H27P/c1-3-17(2)20-15-10-16-21(20)22(18-11-6-4-7-12-18)19-13-8-5-9-14-19/h4-9,11-14,17,20-21H,3,10,15-16H2,1-2H3/t17-,20?,21?/m0/s1. The molecule has 1 aliphatic rings. The zero-order chi connectivity index (χ0) is 15.4. The monoisotopic (exact) mass is 310 g/mol. The predicted octanol–water partition coefficient (Wildman–Crippen LogP) is 5.33. The van der Waals surface area contributed by atoms with Crippen LogP contribution in [0.25, 0.3) is 0 Å². The lowest BCUT2D eigenvalue weighted by Gasteiger charge is -2.33. The molecule has 0 aromatic heterocycles. The van der Waals surface area contributed by atoms with Gasteiger partial charge in [-0.05, 0) is 48.9 Å². The van der Waals surface area contributed by atoms with Gasteiger partial charge in [-0.25, -0.2) is 0 Å². The van der Waals surface area contributed by atoms with Crippen molar-refractivity contribution in [1.29, 1.82) is 0 Å². The molecule has 0 bridgehead atoms. The first-order chi connectivity index (χ1) is 10.8. The van der Waals surface area contributed by atoms with E-state index < -0.39 is 0 Å². The molecule has 0 nitrogen and oxygen atoms in total. The second-order valence-corrected chi connectivity index (χ2v) is 9.02. The van der Waals surface area contributed by atoms with Gasteiger partial charge in [0, 0.05) is 0 Å². The lowest BCUT2D eigenvalue weighted by Crippen LogP contribution is -2.27. The fourth-order valence-electron chi connectivity index (χ4n) is 3.97. The molecule has 0 N–H and O–H groups in total. The number of rotatable bonds is 5. The molecular formula is C21H27P. The van der Waals surface area contributed by atoms with E-state index in [4.69, 9.17) is 0 Å². The highest BCUT2D eigenvalue weighted by Crippen LogP contribution is 2.52. The van der Waals surface area contributed by atoms with Crippen LogP contribution in [0.4, 0.5) is 0 Å². The van der Waals surface area contributed by atoms with Crippen molar-refractivity contribution in [3.05, 3.63) is 60.7 Å². The summed E-state index contributed by atoms with van der Waals surface area (Å²) in [4.78, 5) is 0. The Balaban J connectivity index is 1.99. The van der Waals surface area contributed by atoms with Crippen LogP contribution in [0.15, 0.2) is 60.7 Å². The molecule has 116 valence electrons. The molecule has 0 spiro atoms. The topological polar surface area (TPSA) is 0 Å². The molecule has 1 fully saturated rings. The van der Waals surface area contributed by atoms with Gasteiger partial charge in [-0.2, -0.15) is 0 Å². The fourth-order valence-corrected chi connectivity index (χ4v) is 7.28. The third kappa shape index (κ3) is 3.28. The van der Waals surface area contributed by atoms with E-state index in [1.807, 2.05) is 0 Å². The second kappa shape index (κ2) is 7.42. The first kappa shape index (κ1) is 15.8.